The monoisotopic (exact) mass is 298 g/mol. The number of aryl methyl sites for hydroxylation is 1. The summed E-state index contributed by atoms with van der Waals surface area (Å²) in [7, 11) is 0. The van der Waals surface area contributed by atoms with Gasteiger partial charge in [-0.25, -0.2) is 4.68 Å². The van der Waals surface area contributed by atoms with Gasteiger partial charge in [-0.05, 0) is 50.8 Å². The Balaban J connectivity index is 1.82. The van der Waals surface area contributed by atoms with Gasteiger partial charge in [-0.2, -0.15) is 5.10 Å². The summed E-state index contributed by atoms with van der Waals surface area (Å²) in [6, 6.07) is 11.6. The van der Waals surface area contributed by atoms with E-state index in [2.05, 4.69) is 10.4 Å². The predicted octanol–water partition coefficient (Wildman–Crippen LogP) is 2.04. The number of nitrogens with two attached hydrogens (primary N) is 1. The SMILES string of the molecule is Cc1cc(C(=O)NC(C)(CN)C2CC2)nn1-c1ccccc1. The quantitative estimate of drug-likeness (QED) is 0.887. The second kappa shape index (κ2) is 5.57. The van der Waals surface area contributed by atoms with Crippen LogP contribution in [0.15, 0.2) is 36.4 Å². The van der Waals surface area contributed by atoms with E-state index in [1.165, 1.54) is 0 Å². The molecule has 5 nitrogen and oxygen atoms in total. The highest BCUT2D eigenvalue weighted by Gasteiger charge is 2.41. The van der Waals surface area contributed by atoms with Crippen molar-refractivity contribution in [2.75, 3.05) is 6.54 Å². The Morgan fingerprint density at radius 1 is 1.41 bits per heavy atom. The number of benzene rings is 1. The summed E-state index contributed by atoms with van der Waals surface area (Å²) in [4.78, 5) is 12.5. The summed E-state index contributed by atoms with van der Waals surface area (Å²) >= 11 is 0. The van der Waals surface area contributed by atoms with Gasteiger partial charge in [0.05, 0.1) is 11.2 Å². The van der Waals surface area contributed by atoms with Crippen LogP contribution in [0.4, 0.5) is 0 Å². The molecule has 0 radical (unpaired) electrons. The molecule has 22 heavy (non-hydrogen) atoms. The molecule has 116 valence electrons. The number of nitrogens with zero attached hydrogens (tertiary/aromatic N) is 2. The molecule has 1 aliphatic rings. The molecule has 1 aromatic heterocycles. The Bertz CT molecular complexity index is 675. The van der Waals surface area contributed by atoms with Gasteiger partial charge in [-0.1, -0.05) is 18.2 Å². The second-order valence-corrected chi connectivity index (χ2v) is 6.27. The van der Waals surface area contributed by atoms with Gasteiger partial charge in [-0.15, -0.1) is 0 Å². The highest BCUT2D eigenvalue weighted by Crippen LogP contribution is 2.39. The van der Waals surface area contributed by atoms with Gasteiger partial charge in [0.2, 0.25) is 0 Å². The molecule has 1 atom stereocenters. The normalized spacial score (nSPS) is 17.0. The first-order valence-corrected chi connectivity index (χ1v) is 7.68. The van der Waals surface area contributed by atoms with Crippen molar-refractivity contribution in [3.63, 3.8) is 0 Å². The van der Waals surface area contributed by atoms with E-state index in [-0.39, 0.29) is 11.4 Å². The van der Waals surface area contributed by atoms with E-state index in [4.69, 9.17) is 5.73 Å². The van der Waals surface area contributed by atoms with Gasteiger partial charge in [0, 0.05) is 12.2 Å². The number of para-hydroxylation sites is 1. The number of nitrogens with one attached hydrogen (secondary N) is 1. The number of aromatic nitrogens is 2. The van der Waals surface area contributed by atoms with Crippen molar-refractivity contribution in [3.05, 3.63) is 47.8 Å². The maximum Gasteiger partial charge on any atom is 0.272 e. The summed E-state index contributed by atoms with van der Waals surface area (Å²) in [5.74, 6) is 0.330. The average Bonchev–Trinajstić information content (AvgIpc) is 3.31. The Morgan fingerprint density at radius 2 is 2.09 bits per heavy atom. The first-order chi connectivity index (χ1) is 10.5. The van der Waals surface area contributed by atoms with Crippen LogP contribution >= 0.6 is 0 Å². The third-order valence-electron chi connectivity index (χ3n) is 4.42. The van der Waals surface area contributed by atoms with Crippen LogP contribution < -0.4 is 11.1 Å². The van der Waals surface area contributed by atoms with E-state index in [0.717, 1.165) is 24.2 Å². The molecule has 3 N–H and O–H groups in total. The third-order valence-corrected chi connectivity index (χ3v) is 4.42. The molecule has 2 aromatic rings. The molecule has 1 amide bonds. The minimum atomic E-state index is -0.332. The summed E-state index contributed by atoms with van der Waals surface area (Å²) in [6.07, 6.45) is 2.26. The van der Waals surface area contributed by atoms with Crippen LogP contribution in [0, 0.1) is 12.8 Å². The first kappa shape index (κ1) is 14.8. The molecule has 1 saturated carbocycles. The van der Waals surface area contributed by atoms with Crippen LogP contribution in [0.5, 0.6) is 0 Å². The molecule has 1 heterocycles. The summed E-state index contributed by atoms with van der Waals surface area (Å²) in [6.45, 7) is 4.41. The lowest BCUT2D eigenvalue weighted by atomic mass is 9.96. The lowest BCUT2D eigenvalue weighted by Gasteiger charge is -2.29. The number of carbonyl (C=O) groups excluding carboxylic acids is 1. The topological polar surface area (TPSA) is 72.9 Å². The lowest BCUT2D eigenvalue weighted by Crippen LogP contribution is -2.53. The fraction of sp³-hybridized carbons (Fsp3) is 0.412. The van der Waals surface area contributed by atoms with Crippen molar-refractivity contribution in [2.45, 2.75) is 32.2 Å². The fourth-order valence-electron chi connectivity index (χ4n) is 2.78. The van der Waals surface area contributed by atoms with Crippen molar-refractivity contribution >= 4 is 5.91 Å². The molecule has 0 saturated heterocycles. The van der Waals surface area contributed by atoms with Gasteiger partial charge >= 0.3 is 0 Å². The minimum Gasteiger partial charge on any atom is -0.344 e. The predicted molar refractivity (Wildman–Crippen MR) is 86.0 cm³/mol. The van der Waals surface area contributed by atoms with Gasteiger partial charge < -0.3 is 11.1 Å². The maximum absolute atomic E-state index is 12.5. The van der Waals surface area contributed by atoms with Crippen molar-refractivity contribution in [2.24, 2.45) is 11.7 Å². The van der Waals surface area contributed by atoms with Crippen molar-refractivity contribution in [3.8, 4) is 5.69 Å². The lowest BCUT2D eigenvalue weighted by molar-refractivity contribution is 0.0892. The molecule has 0 bridgehead atoms. The molecule has 1 aromatic carbocycles. The number of amides is 1. The molecule has 1 aliphatic carbocycles. The zero-order chi connectivity index (χ0) is 15.7. The second-order valence-electron chi connectivity index (χ2n) is 6.27. The molecular formula is C17H22N4O. The van der Waals surface area contributed by atoms with E-state index in [1.807, 2.05) is 50.2 Å². The molecule has 1 fully saturated rings. The smallest absolute Gasteiger partial charge is 0.272 e. The third kappa shape index (κ3) is 2.76. The van der Waals surface area contributed by atoms with Gasteiger partial charge in [0.15, 0.2) is 5.69 Å². The van der Waals surface area contributed by atoms with Gasteiger partial charge in [0.1, 0.15) is 0 Å². The minimum absolute atomic E-state index is 0.155. The van der Waals surface area contributed by atoms with Gasteiger partial charge in [-0.3, -0.25) is 4.79 Å². The molecule has 3 rings (SSSR count). The number of hydrogen-bond acceptors (Lipinski definition) is 3. The molecule has 5 heteroatoms. The number of rotatable bonds is 5. The Morgan fingerprint density at radius 3 is 2.68 bits per heavy atom. The average molecular weight is 298 g/mol. The zero-order valence-corrected chi connectivity index (χ0v) is 13.0. The highest BCUT2D eigenvalue weighted by molar-refractivity contribution is 5.93. The van der Waals surface area contributed by atoms with Crippen molar-refractivity contribution < 1.29 is 4.79 Å². The summed E-state index contributed by atoms with van der Waals surface area (Å²) in [5.41, 5.74) is 7.84. The van der Waals surface area contributed by atoms with Crippen molar-refractivity contribution in [1.82, 2.24) is 15.1 Å². The Kier molecular flexibility index (Phi) is 3.74. The van der Waals surface area contributed by atoms with Crippen LogP contribution in [0.2, 0.25) is 0 Å². The Hall–Kier alpha value is -2.14. The van der Waals surface area contributed by atoms with Gasteiger partial charge in [0.25, 0.3) is 5.91 Å². The molecule has 0 aliphatic heterocycles. The van der Waals surface area contributed by atoms with Crippen LogP contribution in [0.3, 0.4) is 0 Å². The molecular weight excluding hydrogens is 276 g/mol. The van der Waals surface area contributed by atoms with Crippen LogP contribution in [0.25, 0.3) is 5.69 Å². The largest absolute Gasteiger partial charge is 0.344 e. The van der Waals surface area contributed by atoms with Crippen LogP contribution in [0.1, 0.15) is 35.9 Å². The van der Waals surface area contributed by atoms with Crippen molar-refractivity contribution in [1.29, 1.82) is 0 Å². The van der Waals surface area contributed by atoms with E-state index >= 15 is 0 Å². The molecule has 1 unspecified atom stereocenters. The summed E-state index contributed by atoms with van der Waals surface area (Å²) < 4.78 is 1.78. The van der Waals surface area contributed by atoms with E-state index < -0.39 is 0 Å². The first-order valence-electron chi connectivity index (χ1n) is 7.68. The summed E-state index contributed by atoms with van der Waals surface area (Å²) in [5, 5.41) is 7.52. The van der Waals surface area contributed by atoms with E-state index in [9.17, 15) is 4.79 Å². The van der Waals surface area contributed by atoms with E-state index in [0.29, 0.717) is 18.2 Å². The van der Waals surface area contributed by atoms with E-state index in [1.54, 1.807) is 4.68 Å². The number of carbonyl (C=O) groups is 1. The zero-order valence-electron chi connectivity index (χ0n) is 13.0. The Labute approximate surface area is 130 Å². The number of hydrogen-bond donors (Lipinski definition) is 2. The van der Waals surface area contributed by atoms with Crippen LogP contribution in [-0.4, -0.2) is 27.8 Å². The maximum atomic E-state index is 12.5. The molecule has 0 spiro atoms. The standard InChI is InChI=1S/C17H22N4O/c1-12-10-15(20-21(12)14-6-4-3-5-7-14)16(22)19-17(2,11-18)13-8-9-13/h3-7,10,13H,8-9,11,18H2,1-2H3,(H,19,22). The van der Waals surface area contributed by atoms with Crippen LogP contribution in [-0.2, 0) is 0 Å². The fourth-order valence-corrected chi connectivity index (χ4v) is 2.78. The highest BCUT2D eigenvalue weighted by atomic mass is 16.2.